The molecule has 37 heavy (non-hydrogen) atoms. The number of ketones is 1. The van der Waals surface area contributed by atoms with Gasteiger partial charge in [-0.3, -0.25) is 9.59 Å². The van der Waals surface area contributed by atoms with Crippen molar-refractivity contribution in [1.29, 1.82) is 0 Å². The van der Waals surface area contributed by atoms with E-state index in [2.05, 4.69) is 10.4 Å². The topological polar surface area (TPSA) is 87.5 Å². The highest BCUT2D eigenvalue weighted by molar-refractivity contribution is 5.95. The minimum atomic E-state index is -4.79. The van der Waals surface area contributed by atoms with E-state index in [1.807, 2.05) is 16.7 Å². The number of carbonyl (C=O) groups is 3. The zero-order valence-electron chi connectivity index (χ0n) is 20.8. The lowest BCUT2D eigenvalue weighted by Gasteiger charge is -2.39. The minimum absolute atomic E-state index is 0.0301. The average molecular weight is 520 g/mol. The Kier molecular flexibility index (Phi) is 8.19. The normalized spacial score (nSPS) is 20.2. The van der Waals surface area contributed by atoms with E-state index in [0.29, 0.717) is 31.5 Å². The fourth-order valence-corrected chi connectivity index (χ4v) is 5.07. The molecule has 3 amide bonds. The summed E-state index contributed by atoms with van der Waals surface area (Å²) in [6.07, 6.45) is 0.0624. The number of urea groups is 1. The third-order valence-electron chi connectivity index (χ3n) is 7.09. The van der Waals surface area contributed by atoms with Crippen LogP contribution < -0.4 is 5.32 Å². The first-order valence-corrected chi connectivity index (χ1v) is 12.7. The van der Waals surface area contributed by atoms with Gasteiger partial charge in [-0.05, 0) is 51.2 Å². The number of nitrogens with zero attached hydrogens (tertiary/aromatic N) is 4. The highest BCUT2D eigenvalue weighted by Gasteiger charge is 2.39. The number of halogens is 3. The van der Waals surface area contributed by atoms with Gasteiger partial charge >= 0.3 is 12.2 Å². The van der Waals surface area contributed by atoms with Gasteiger partial charge in [0.25, 0.3) is 5.91 Å². The van der Waals surface area contributed by atoms with E-state index in [-0.39, 0.29) is 36.7 Å². The van der Waals surface area contributed by atoms with Crippen LogP contribution in [0.5, 0.6) is 0 Å². The first-order valence-electron chi connectivity index (χ1n) is 12.7. The van der Waals surface area contributed by atoms with Crippen LogP contribution in [0.2, 0.25) is 0 Å². The Labute approximate surface area is 213 Å². The lowest BCUT2D eigenvalue weighted by atomic mass is 9.86. The van der Waals surface area contributed by atoms with Crippen molar-refractivity contribution < 1.29 is 27.6 Å². The molecule has 0 saturated carbocycles. The molecule has 2 fully saturated rings. The molecule has 2 atom stereocenters. The van der Waals surface area contributed by atoms with Crippen molar-refractivity contribution >= 4 is 17.7 Å². The summed E-state index contributed by atoms with van der Waals surface area (Å²) in [5.74, 6) is -0.985. The molecule has 0 radical (unpaired) electrons. The summed E-state index contributed by atoms with van der Waals surface area (Å²) in [6.45, 7) is 4.14. The van der Waals surface area contributed by atoms with Gasteiger partial charge in [0.05, 0.1) is 11.3 Å². The number of aromatic nitrogens is 2. The summed E-state index contributed by atoms with van der Waals surface area (Å²) in [7, 11) is 0. The van der Waals surface area contributed by atoms with E-state index < -0.39 is 23.3 Å². The summed E-state index contributed by atoms with van der Waals surface area (Å²) in [5.41, 5.74) is -1.42. The van der Waals surface area contributed by atoms with Crippen molar-refractivity contribution in [2.24, 2.45) is 5.92 Å². The summed E-state index contributed by atoms with van der Waals surface area (Å²) in [4.78, 5) is 41.7. The number of piperidine rings is 1. The summed E-state index contributed by atoms with van der Waals surface area (Å²) in [5, 5.41) is 6.08. The third-order valence-corrected chi connectivity index (χ3v) is 7.09. The van der Waals surface area contributed by atoms with E-state index >= 15 is 0 Å². The molecule has 2 aliphatic heterocycles. The first-order chi connectivity index (χ1) is 17.6. The molecule has 11 heteroatoms. The molecular formula is C26H32F3N5O3. The lowest BCUT2D eigenvalue weighted by Crippen LogP contribution is -2.50. The highest BCUT2D eigenvalue weighted by atomic mass is 19.4. The molecule has 0 bridgehead atoms. The molecule has 2 aromatic rings. The number of hydrogen-bond acceptors (Lipinski definition) is 4. The number of amides is 3. The minimum Gasteiger partial charge on any atom is -0.352 e. The van der Waals surface area contributed by atoms with Gasteiger partial charge in [-0.2, -0.15) is 18.3 Å². The number of nitrogens with one attached hydrogen (secondary N) is 1. The van der Waals surface area contributed by atoms with Gasteiger partial charge in [0.2, 0.25) is 0 Å². The maximum absolute atomic E-state index is 13.5. The second-order valence-corrected chi connectivity index (χ2v) is 9.74. The van der Waals surface area contributed by atoms with Crippen LogP contribution >= 0.6 is 0 Å². The maximum Gasteiger partial charge on any atom is 0.435 e. The predicted molar refractivity (Wildman–Crippen MR) is 130 cm³/mol. The van der Waals surface area contributed by atoms with E-state index in [0.717, 1.165) is 36.8 Å². The Morgan fingerprint density at radius 3 is 2.43 bits per heavy atom. The molecule has 2 saturated heterocycles. The van der Waals surface area contributed by atoms with Crippen molar-refractivity contribution in [3.63, 3.8) is 0 Å². The van der Waals surface area contributed by atoms with Gasteiger partial charge in [-0.15, -0.1) is 0 Å². The average Bonchev–Trinajstić information content (AvgIpc) is 3.57. The molecule has 1 aromatic heterocycles. The Balaban J connectivity index is 1.27. The number of para-hydroxylation sites is 1. The van der Waals surface area contributed by atoms with Gasteiger partial charge in [0.1, 0.15) is 5.78 Å². The number of alkyl halides is 3. The predicted octanol–water partition coefficient (Wildman–Crippen LogP) is 4.29. The van der Waals surface area contributed by atoms with Crippen molar-refractivity contribution in [3.05, 3.63) is 47.8 Å². The monoisotopic (exact) mass is 519 g/mol. The Morgan fingerprint density at radius 2 is 1.78 bits per heavy atom. The molecule has 1 aromatic carbocycles. The van der Waals surface area contributed by atoms with Crippen LogP contribution in [0.1, 0.15) is 61.5 Å². The van der Waals surface area contributed by atoms with Gasteiger partial charge in [0.15, 0.2) is 5.69 Å². The third kappa shape index (κ3) is 6.31. The molecule has 2 aliphatic rings. The van der Waals surface area contributed by atoms with Gasteiger partial charge in [0, 0.05) is 50.8 Å². The van der Waals surface area contributed by atoms with Gasteiger partial charge in [-0.1, -0.05) is 18.2 Å². The van der Waals surface area contributed by atoms with Gasteiger partial charge in [-0.25, -0.2) is 9.48 Å². The fraction of sp³-hybridized carbons (Fsp3) is 0.538. The van der Waals surface area contributed by atoms with Crippen LogP contribution in [-0.4, -0.2) is 69.5 Å². The van der Waals surface area contributed by atoms with Crippen LogP contribution in [0.3, 0.4) is 0 Å². The van der Waals surface area contributed by atoms with Crippen LogP contribution in [-0.2, 0) is 11.0 Å². The second kappa shape index (κ2) is 11.4. The molecule has 2 unspecified atom stereocenters. The molecule has 0 spiro atoms. The molecular weight excluding hydrogens is 487 g/mol. The van der Waals surface area contributed by atoms with E-state index in [1.54, 1.807) is 30.3 Å². The van der Waals surface area contributed by atoms with E-state index in [1.165, 1.54) is 0 Å². The number of carbonyl (C=O) groups excluding carboxylic acids is 3. The number of likely N-dealkylation sites (tertiary alicyclic amines) is 2. The number of rotatable bonds is 7. The Morgan fingerprint density at radius 1 is 1.08 bits per heavy atom. The maximum atomic E-state index is 13.5. The van der Waals surface area contributed by atoms with E-state index in [9.17, 15) is 27.6 Å². The summed E-state index contributed by atoms with van der Waals surface area (Å²) in [6, 6.07) is 8.26. The SMILES string of the molecule is CC1CC(C(=O)CCCNC(=O)c2cn(-c3ccccc3)nc2C(F)(F)F)CCN1C(=O)N1CCCC1. The quantitative estimate of drug-likeness (QED) is 0.553. The van der Waals surface area contributed by atoms with Crippen molar-refractivity contribution in [3.8, 4) is 5.69 Å². The van der Waals surface area contributed by atoms with E-state index in [4.69, 9.17) is 0 Å². The van der Waals surface area contributed by atoms with Crippen LogP contribution in [0.15, 0.2) is 36.5 Å². The Hall–Kier alpha value is -3.37. The summed E-state index contributed by atoms with van der Waals surface area (Å²) >= 11 is 0. The Bertz CT molecular complexity index is 1110. The number of Topliss-reactive ketones (excluding diaryl/α,β-unsaturated/α-hetero) is 1. The van der Waals surface area contributed by atoms with Crippen LogP contribution in [0.4, 0.5) is 18.0 Å². The molecule has 8 nitrogen and oxygen atoms in total. The molecule has 0 aliphatic carbocycles. The van der Waals surface area contributed by atoms with Crippen molar-refractivity contribution in [2.75, 3.05) is 26.2 Å². The lowest BCUT2D eigenvalue weighted by molar-refractivity contribution is -0.141. The second-order valence-electron chi connectivity index (χ2n) is 9.74. The van der Waals surface area contributed by atoms with Crippen molar-refractivity contribution in [1.82, 2.24) is 24.9 Å². The fourth-order valence-electron chi connectivity index (χ4n) is 5.07. The highest BCUT2D eigenvalue weighted by Crippen LogP contribution is 2.31. The van der Waals surface area contributed by atoms with Crippen molar-refractivity contribution in [2.45, 2.75) is 57.7 Å². The van der Waals surface area contributed by atoms with Crippen LogP contribution in [0.25, 0.3) is 5.69 Å². The molecule has 4 rings (SSSR count). The molecule has 3 heterocycles. The number of benzene rings is 1. The largest absolute Gasteiger partial charge is 0.435 e. The smallest absolute Gasteiger partial charge is 0.352 e. The molecule has 200 valence electrons. The zero-order valence-corrected chi connectivity index (χ0v) is 20.8. The zero-order chi connectivity index (χ0) is 26.6. The molecule has 1 N–H and O–H groups in total. The standard InChI is InChI=1S/C26H32F3N5O3/c1-18-16-19(11-15-33(18)25(37)32-13-5-6-14-32)22(35)10-7-12-30-24(36)21-17-34(20-8-3-2-4-9-20)31-23(21)26(27,28)29/h2-4,8-9,17-19H,5-7,10-16H2,1H3,(H,30,36). The van der Waals surface area contributed by atoms with Gasteiger partial charge < -0.3 is 15.1 Å². The summed E-state index contributed by atoms with van der Waals surface area (Å²) < 4.78 is 41.6. The number of hydrogen-bond donors (Lipinski definition) is 1. The van der Waals surface area contributed by atoms with Crippen LogP contribution in [0, 0.1) is 5.92 Å². The first kappa shape index (κ1) is 26.7.